The van der Waals surface area contributed by atoms with Crippen molar-refractivity contribution in [2.45, 2.75) is 19.5 Å². The fraction of sp³-hybridized carbons (Fsp3) is 0.333. The van der Waals surface area contributed by atoms with E-state index in [1.54, 1.807) is 17.0 Å². The molecule has 1 saturated heterocycles. The van der Waals surface area contributed by atoms with Gasteiger partial charge in [0.25, 0.3) is 0 Å². The lowest BCUT2D eigenvalue weighted by Gasteiger charge is -2.14. The molecule has 1 heterocycles. The van der Waals surface area contributed by atoms with Gasteiger partial charge in [0, 0.05) is 6.54 Å². The normalized spacial score (nSPS) is 18.9. The zero-order valence-corrected chi connectivity index (χ0v) is 11.3. The molecule has 0 radical (unpaired) electrons. The highest BCUT2D eigenvalue weighted by Crippen LogP contribution is 2.23. The molecule has 0 unspecified atom stereocenters. The van der Waals surface area contributed by atoms with Crippen LogP contribution in [0.4, 0.5) is 4.79 Å². The van der Waals surface area contributed by atoms with Crippen LogP contribution in [0, 0.1) is 0 Å². The Morgan fingerprint density at radius 2 is 2.17 bits per heavy atom. The second-order valence-corrected chi connectivity index (χ2v) is 5.06. The van der Waals surface area contributed by atoms with Crippen molar-refractivity contribution in [3.8, 4) is 0 Å². The Morgan fingerprint density at radius 3 is 2.72 bits per heavy atom. The molecular formula is C12H12Cl2N2O2. The predicted molar refractivity (Wildman–Crippen MR) is 69.9 cm³/mol. The fourth-order valence-electron chi connectivity index (χ4n) is 1.81. The van der Waals surface area contributed by atoms with Gasteiger partial charge in [0.15, 0.2) is 5.78 Å². The number of halogens is 2. The maximum Gasteiger partial charge on any atom is 0.318 e. The molecule has 2 amide bonds. The smallest absolute Gasteiger partial charge is 0.318 e. The fourth-order valence-corrected chi connectivity index (χ4v) is 2.13. The molecule has 1 aromatic carbocycles. The number of hydrogen-bond acceptors (Lipinski definition) is 2. The lowest BCUT2D eigenvalue weighted by Crippen LogP contribution is -2.32. The standard InChI is InChI=1S/C12H12Cl2N2O2/c1-7(17)11-6-16(12(18)15-11)5-8-2-3-9(13)10(14)4-8/h2-4,11H,5-6H2,1H3,(H,15,18)/t11-/m0/s1. The van der Waals surface area contributed by atoms with E-state index in [-0.39, 0.29) is 11.8 Å². The minimum atomic E-state index is -0.416. The van der Waals surface area contributed by atoms with Gasteiger partial charge in [-0.1, -0.05) is 29.3 Å². The van der Waals surface area contributed by atoms with Crippen LogP contribution in [0.25, 0.3) is 0 Å². The van der Waals surface area contributed by atoms with Gasteiger partial charge in [-0.15, -0.1) is 0 Å². The van der Waals surface area contributed by atoms with Crippen molar-refractivity contribution in [3.05, 3.63) is 33.8 Å². The first-order valence-corrected chi connectivity index (χ1v) is 6.23. The second-order valence-electron chi connectivity index (χ2n) is 4.24. The van der Waals surface area contributed by atoms with Crippen molar-refractivity contribution in [1.82, 2.24) is 10.2 Å². The minimum absolute atomic E-state index is 0.0417. The summed E-state index contributed by atoms with van der Waals surface area (Å²) in [5.74, 6) is -0.0417. The first-order valence-electron chi connectivity index (χ1n) is 5.47. The van der Waals surface area contributed by atoms with Crippen LogP contribution in [0.1, 0.15) is 12.5 Å². The predicted octanol–water partition coefficient (Wildman–Crippen LogP) is 2.48. The van der Waals surface area contributed by atoms with Crippen LogP contribution < -0.4 is 5.32 Å². The van der Waals surface area contributed by atoms with E-state index in [1.807, 2.05) is 6.07 Å². The molecule has 1 N–H and O–H groups in total. The minimum Gasteiger partial charge on any atom is -0.326 e. The summed E-state index contributed by atoms with van der Waals surface area (Å²) in [7, 11) is 0. The number of carbonyl (C=O) groups excluding carboxylic acids is 2. The molecule has 1 atom stereocenters. The second kappa shape index (κ2) is 5.16. The van der Waals surface area contributed by atoms with Crippen LogP contribution in [-0.2, 0) is 11.3 Å². The Morgan fingerprint density at radius 1 is 1.44 bits per heavy atom. The van der Waals surface area contributed by atoms with Gasteiger partial charge in [0.1, 0.15) is 6.04 Å². The topological polar surface area (TPSA) is 49.4 Å². The number of hydrogen-bond donors (Lipinski definition) is 1. The van der Waals surface area contributed by atoms with E-state index in [4.69, 9.17) is 23.2 Å². The third-order valence-corrected chi connectivity index (χ3v) is 3.58. The SMILES string of the molecule is CC(=O)[C@@H]1CN(Cc2ccc(Cl)c(Cl)c2)C(=O)N1. The van der Waals surface area contributed by atoms with Gasteiger partial charge >= 0.3 is 6.03 Å². The Hall–Kier alpha value is -1.26. The van der Waals surface area contributed by atoms with Crippen LogP contribution in [-0.4, -0.2) is 29.3 Å². The van der Waals surface area contributed by atoms with Crippen LogP contribution in [0.2, 0.25) is 10.0 Å². The molecule has 96 valence electrons. The van der Waals surface area contributed by atoms with Gasteiger partial charge in [-0.2, -0.15) is 0 Å². The number of urea groups is 1. The molecule has 0 saturated carbocycles. The first-order chi connectivity index (χ1) is 8.47. The van der Waals surface area contributed by atoms with Gasteiger partial charge in [0.2, 0.25) is 0 Å². The molecule has 1 aliphatic rings. The van der Waals surface area contributed by atoms with Crippen molar-refractivity contribution < 1.29 is 9.59 Å². The van der Waals surface area contributed by atoms with E-state index < -0.39 is 6.04 Å². The number of nitrogens with zero attached hydrogens (tertiary/aromatic N) is 1. The number of rotatable bonds is 3. The van der Waals surface area contributed by atoms with Crippen molar-refractivity contribution in [2.75, 3.05) is 6.54 Å². The molecule has 18 heavy (non-hydrogen) atoms. The quantitative estimate of drug-likeness (QED) is 0.928. The molecule has 6 heteroatoms. The average Bonchev–Trinajstić information content (AvgIpc) is 2.66. The van der Waals surface area contributed by atoms with E-state index >= 15 is 0 Å². The first kappa shape index (κ1) is 13.2. The summed E-state index contributed by atoms with van der Waals surface area (Å²) >= 11 is 11.7. The number of Topliss-reactive ketones (excluding diaryl/α,β-unsaturated/α-hetero) is 1. The van der Waals surface area contributed by atoms with Gasteiger partial charge in [0.05, 0.1) is 16.6 Å². The number of amides is 2. The maximum atomic E-state index is 11.6. The Balaban J connectivity index is 2.08. The highest BCUT2D eigenvalue weighted by molar-refractivity contribution is 6.42. The lowest BCUT2D eigenvalue weighted by molar-refractivity contribution is -0.118. The van der Waals surface area contributed by atoms with E-state index in [0.29, 0.717) is 23.1 Å². The molecule has 1 fully saturated rings. The zero-order chi connectivity index (χ0) is 13.3. The summed E-state index contributed by atoms with van der Waals surface area (Å²) in [6.07, 6.45) is 0. The lowest BCUT2D eigenvalue weighted by atomic mass is 10.2. The molecular weight excluding hydrogens is 275 g/mol. The Bertz CT molecular complexity index is 505. The van der Waals surface area contributed by atoms with E-state index in [0.717, 1.165) is 5.56 Å². The summed E-state index contributed by atoms with van der Waals surface area (Å²) in [4.78, 5) is 24.4. The third kappa shape index (κ3) is 2.76. The summed E-state index contributed by atoms with van der Waals surface area (Å²) in [5.41, 5.74) is 0.878. The highest BCUT2D eigenvalue weighted by Gasteiger charge is 2.31. The molecule has 0 spiro atoms. The average molecular weight is 287 g/mol. The number of nitrogens with one attached hydrogen (secondary N) is 1. The van der Waals surface area contributed by atoms with Crippen LogP contribution in [0.3, 0.4) is 0 Å². The highest BCUT2D eigenvalue weighted by atomic mass is 35.5. The molecule has 2 rings (SSSR count). The Labute approximate surface area is 115 Å². The monoisotopic (exact) mass is 286 g/mol. The van der Waals surface area contributed by atoms with E-state index in [9.17, 15) is 9.59 Å². The van der Waals surface area contributed by atoms with Crippen LogP contribution >= 0.6 is 23.2 Å². The van der Waals surface area contributed by atoms with Crippen LogP contribution in [0.5, 0.6) is 0 Å². The van der Waals surface area contributed by atoms with Crippen molar-refractivity contribution in [2.24, 2.45) is 0 Å². The molecule has 4 nitrogen and oxygen atoms in total. The zero-order valence-electron chi connectivity index (χ0n) is 9.74. The summed E-state index contributed by atoms with van der Waals surface area (Å²) in [6, 6.07) is 4.57. The van der Waals surface area contributed by atoms with Gasteiger partial charge in [-0.25, -0.2) is 4.79 Å². The van der Waals surface area contributed by atoms with Crippen molar-refractivity contribution in [3.63, 3.8) is 0 Å². The summed E-state index contributed by atoms with van der Waals surface area (Å²) in [5, 5.41) is 3.56. The number of ketones is 1. The molecule has 1 aliphatic heterocycles. The third-order valence-electron chi connectivity index (χ3n) is 2.84. The molecule has 0 aliphatic carbocycles. The van der Waals surface area contributed by atoms with Gasteiger partial charge in [-0.3, -0.25) is 4.79 Å². The van der Waals surface area contributed by atoms with Gasteiger partial charge < -0.3 is 10.2 Å². The number of benzene rings is 1. The van der Waals surface area contributed by atoms with Crippen molar-refractivity contribution in [1.29, 1.82) is 0 Å². The number of carbonyl (C=O) groups is 2. The van der Waals surface area contributed by atoms with E-state index in [2.05, 4.69) is 5.32 Å². The molecule has 0 aromatic heterocycles. The largest absolute Gasteiger partial charge is 0.326 e. The molecule has 1 aromatic rings. The van der Waals surface area contributed by atoms with Crippen LogP contribution in [0.15, 0.2) is 18.2 Å². The maximum absolute atomic E-state index is 11.6. The van der Waals surface area contributed by atoms with E-state index in [1.165, 1.54) is 6.92 Å². The Kier molecular flexibility index (Phi) is 3.78. The summed E-state index contributed by atoms with van der Waals surface area (Å²) in [6.45, 7) is 2.26. The van der Waals surface area contributed by atoms with Gasteiger partial charge in [-0.05, 0) is 24.6 Å². The van der Waals surface area contributed by atoms with Crippen molar-refractivity contribution >= 4 is 35.0 Å². The summed E-state index contributed by atoms with van der Waals surface area (Å²) < 4.78 is 0. The molecule has 0 bridgehead atoms.